The largest absolute Gasteiger partial charge is 0.349 e. The molecule has 0 radical (unpaired) electrons. The lowest BCUT2D eigenvalue weighted by Crippen LogP contribution is -2.43. The normalized spacial score (nSPS) is 17.9. The number of nitro benzene ring substituents is 2. The molecule has 0 saturated heterocycles. The number of aryl methyl sites for hydroxylation is 2. The fourth-order valence-corrected chi connectivity index (χ4v) is 3.81. The fraction of sp³-hybridized carbons (Fsp3) is 0.364. The van der Waals surface area contributed by atoms with Crippen LogP contribution in [0.15, 0.2) is 36.4 Å². The van der Waals surface area contributed by atoms with E-state index in [2.05, 4.69) is 10.6 Å². The van der Waals surface area contributed by atoms with Gasteiger partial charge in [0.1, 0.15) is 0 Å². The lowest BCUT2D eigenvalue weighted by molar-refractivity contribution is -0.385. The Kier molecular flexibility index (Phi) is 6.82. The minimum atomic E-state index is -0.511. The van der Waals surface area contributed by atoms with E-state index < -0.39 is 9.85 Å². The zero-order chi connectivity index (χ0) is 23.4. The van der Waals surface area contributed by atoms with Crippen LogP contribution in [0.2, 0.25) is 0 Å². The molecule has 2 aromatic carbocycles. The molecule has 0 aliphatic heterocycles. The van der Waals surface area contributed by atoms with E-state index in [9.17, 15) is 29.8 Å². The van der Waals surface area contributed by atoms with Crippen LogP contribution in [0.4, 0.5) is 11.4 Å². The van der Waals surface area contributed by atoms with Gasteiger partial charge in [-0.15, -0.1) is 0 Å². The molecule has 10 heteroatoms. The summed E-state index contributed by atoms with van der Waals surface area (Å²) in [5.74, 6) is -0.736. The molecule has 0 bridgehead atoms. The van der Waals surface area contributed by atoms with Crippen LogP contribution in [0.5, 0.6) is 0 Å². The topological polar surface area (TPSA) is 144 Å². The molecule has 3 rings (SSSR count). The maximum absolute atomic E-state index is 12.5. The number of hydrogen-bond donors (Lipinski definition) is 2. The third-order valence-electron chi connectivity index (χ3n) is 5.73. The summed E-state index contributed by atoms with van der Waals surface area (Å²) >= 11 is 0. The Morgan fingerprint density at radius 2 is 1.09 bits per heavy atom. The van der Waals surface area contributed by atoms with Crippen LogP contribution < -0.4 is 10.6 Å². The van der Waals surface area contributed by atoms with Crippen molar-refractivity contribution in [3.05, 3.63) is 78.9 Å². The van der Waals surface area contributed by atoms with E-state index in [-0.39, 0.29) is 46.4 Å². The van der Waals surface area contributed by atoms with E-state index in [0.29, 0.717) is 36.8 Å². The van der Waals surface area contributed by atoms with Crippen LogP contribution in [0, 0.1) is 34.1 Å². The molecule has 0 spiro atoms. The van der Waals surface area contributed by atoms with Crippen LogP contribution in [-0.2, 0) is 0 Å². The van der Waals surface area contributed by atoms with Crippen molar-refractivity contribution in [2.45, 2.75) is 51.6 Å². The average molecular weight is 440 g/mol. The molecule has 0 atom stereocenters. The zero-order valence-corrected chi connectivity index (χ0v) is 17.8. The molecule has 1 fully saturated rings. The van der Waals surface area contributed by atoms with Gasteiger partial charge in [-0.1, -0.05) is 12.1 Å². The third kappa shape index (κ3) is 5.26. The monoisotopic (exact) mass is 440 g/mol. The molecule has 1 saturated carbocycles. The lowest BCUT2D eigenvalue weighted by Gasteiger charge is -2.29. The van der Waals surface area contributed by atoms with Gasteiger partial charge in [-0.2, -0.15) is 0 Å². The summed E-state index contributed by atoms with van der Waals surface area (Å²) in [5, 5.41) is 28.0. The first-order valence-electron chi connectivity index (χ1n) is 10.3. The van der Waals surface area contributed by atoms with E-state index in [0.717, 1.165) is 0 Å². The molecule has 2 aromatic rings. The van der Waals surface area contributed by atoms with Crippen molar-refractivity contribution in [1.29, 1.82) is 0 Å². The number of hydrogen-bond acceptors (Lipinski definition) is 6. The van der Waals surface area contributed by atoms with E-state index in [4.69, 9.17) is 0 Å². The summed E-state index contributed by atoms with van der Waals surface area (Å²) in [6, 6.07) is 8.57. The Balaban J connectivity index is 1.54. The van der Waals surface area contributed by atoms with Crippen molar-refractivity contribution < 1.29 is 19.4 Å². The van der Waals surface area contributed by atoms with Crippen LogP contribution in [0.1, 0.15) is 57.5 Å². The Bertz CT molecular complexity index is 991. The van der Waals surface area contributed by atoms with E-state index in [1.807, 2.05) is 0 Å². The van der Waals surface area contributed by atoms with Gasteiger partial charge in [-0.25, -0.2) is 0 Å². The number of nitrogens with zero attached hydrogens (tertiary/aromatic N) is 2. The molecule has 2 amide bonds. The zero-order valence-electron chi connectivity index (χ0n) is 17.8. The SMILES string of the molecule is Cc1ccc(C(=O)NC2CCC(NC(=O)c3ccc(C)c([N+](=O)[O-])c3)CC2)cc1[N+](=O)[O-]. The van der Waals surface area contributed by atoms with Crippen molar-refractivity contribution in [1.82, 2.24) is 10.6 Å². The minimum Gasteiger partial charge on any atom is -0.349 e. The summed E-state index contributed by atoms with van der Waals surface area (Å²) in [7, 11) is 0. The number of benzene rings is 2. The maximum Gasteiger partial charge on any atom is 0.273 e. The summed E-state index contributed by atoms with van der Waals surface area (Å²) in [6.45, 7) is 3.23. The van der Waals surface area contributed by atoms with Crippen LogP contribution in [0.3, 0.4) is 0 Å². The summed E-state index contributed by atoms with van der Waals surface area (Å²) in [4.78, 5) is 46.2. The highest BCUT2D eigenvalue weighted by Crippen LogP contribution is 2.23. The Morgan fingerprint density at radius 3 is 1.41 bits per heavy atom. The molecule has 0 heterocycles. The molecule has 0 unspecified atom stereocenters. The second kappa shape index (κ2) is 9.54. The molecule has 32 heavy (non-hydrogen) atoms. The molecular formula is C22H24N4O6. The molecule has 0 aromatic heterocycles. The average Bonchev–Trinajstić information content (AvgIpc) is 2.75. The summed E-state index contributed by atoms with van der Waals surface area (Å²) < 4.78 is 0. The second-order valence-corrected chi connectivity index (χ2v) is 8.01. The number of carbonyl (C=O) groups is 2. The van der Waals surface area contributed by atoms with Gasteiger partial charge in [0.05, 0.1) is 9.85 Å². The lowest BCUT2D eigenvalue weighted by atomic mass is 9.90. The number of amides is 2. The molecule has 2 N–H and O–H groups in total. The quantitative estimate of drug-likeness (QED) is 0.519. The highest BCUT2D eigenvalue weighted by molar-refractivity contribution is 5.95. The van der Waals surface area contributed by atoms with Gasteiger partial charge < -0.3 is 10.6 Å². The molecule has 1 aliphatic rings. The highest BCUT2D eigenvalue weighted by atomic mass is 16.6. The number of nitro groups is 2. The van der Waals surface area contributed by atoms with E-state index in [1.54, 1.807) is 38.1 Å². The minimum absolute atomic E-state index is 0.0968. The van der Waals surface area contributed by atoms with E-state index in [1.165, 1.54) is 12.1 Å². The van der Waals surface area contributed by atoms with E-state index >= 15 is 0 Å². The van der Waals surface area contributed by atoms with Crippen LogP contribution in [-0.4, -0.2) is 33.7 Å². The smallest absolute Gasteiger partial charge is 0.273 e. The van der Waals surface area contributed by atoms with Crippen LogP contribution in [0.25, 0.3) is 0 Å². The number of carbonyl (C=O) groups excluding carboxylic acids is 2. The fourth-order valence-electron chi connectivity index (χ4n) is 3.81. The second-order valence-electron chi connectivity index (χ2n) is 8.01. The molecule has 1 aliphatic carbocycles. The van der Waals surface area contributed by atoms with Crippen molar-refractivity contribution in [3.8, 4) is 0 Å². The van der Waals surface area contributed by atoms with Crippen molar-refractivity contribution in [2.24, 2.45) is 0 Å². The maximum atomic E-state index is 12.5. The standard InChI is InChI=1S/C22H24N4O6/c1-13-3-5-15(11-19(13)25(29)30)21(27)23-17-7-9-18(10-8-17)24-22(28)16-6-4-14(2)20(12-16)26(31)32/h3-6,11-12,17-18H,7-10H2,1-2H3,(H,23,27)(H,24,28). The Labute approximate surface area is 184 Å². The first-order chi connectivity index (χ1) is 15.2. The number of rotatable bonds is 6. The van der Waals surface area contributed by atoms with Crippen molar-refractivity contribution in [2.75, 3.05) is 0 Å². The first kappa shape index (κ1) is 22.9. The van der Waals surface area contributed by atoms with Gasteiger partial charge in [0.2, 0.25) is 0 Å². The van der Waals surface area contributed by atoms with Crippen LogP contribution >= 0.6 is 0 Å². The number of nitrogens with one attached hydrogen (secondary N) is 2. The van der Waals surface area contributed by atoms with Crippen molar-refractivity contribution in [3.63, 3.8) is 0 Å². The molecular weight excluding hydrogens is 416 g/mol. The predicted molar refractivity (Wildman–Crippen MR) is 117 cm³/mol. The summed E-state index contributed by atoms with van der Waals surface area (Å²) in [5.41, 5.74) is 1.25. The predicted octanol–water partition coefficient (Wildman–Crippen LogP) is 3.59. The highest BCUT2D eigenvalue weighted by Gasteiger charge is 2.25. The molecule has 10 nitrogen and oxygen atoms in total. The van der Waals surface area contributed by atoms with Gasteiger partial charge in [0.25, 0.3) is 23.2 Å². The molecule has 168 valence electrons. The van der Waals surface area contributed by atoms with Gasteiger partial charge in [-0.05, 0) is 51.7 Å². The Morgan fingerprint density at radius 1 is 0.750 bits per heavy atom. The Hall–Kier alpha value is -3.82. The van der Waals surface area contributed by atoms with Gasteiger partial charge in [-0.3, -0.25) is 29.8 Å². The third-order valence-corrected chi connectivity index (χ3v) is 5.73. The summed E-state index contributed by atoms with van der Waals surface area (Å²) in [6.07, 6.45) is 2.55. The van der Waals surface area contributed by atoms with Gasteiger partial charge in [0, 0.05) is 46.5 Å². The van der Waals surface area contributed by atoms with Gasteiger partial charge >= 0.3 is 0 Å². The van der Waals surface area contributed by atoms with Gasteiger partial charge in [0.15, 0.2) is 0 Å². The first-order valence-corrected chi connectivity index (χ1v) is 10.3. The van der Waals surface area contributed by atoms with Crippen molar-refractivity contribution >= 4 is 23.2 Å².